The summed E-state index contributed by atoms with van der Waals surface area (Å²) >= 11 is 0. The molecule has 76 valence electrons. The molecule has 0 amide bonds. The van der Waals surface area contributed by atoms with Crippen LogP contribution in [-0.2, 0) is 4.74 Å². The lowest BCUT2D eigenvalue weighted by Crippen LogP contribution is -2.16. The van der Waals surface area contributed by atoms with Gasteiger partial charge in [-0.3, -0.25) is 0 Å². The van der Waals surface area contributed by atoms with Crippen LogP contribution < -0.4 is 0 Å². The predicted molar refractivity (Wildman–Crippen MR) is 58.1 cm³/mol. The largest absolute Gasteiger partial charge is 0.370 e. The van der Waals surface area contributed by atoms with Crippen molar-refractivity contribution < 1.29 is 4.74 Å². The van der Waals surface area contributed by atoms with Gasteiger partial charge in [0, 0.05) is 0 Å². The molecule has 0 N–H and O–H groups in total. The number of benzene rings is 1. The third-order valence-electron chi connectivity index (χ3n) is 2.99. The molecule has 2 unspecified atom stereocenters. The minimum atomic E-state index is 0.263. The van der Waals surface area contributed by atoms with Gasteiger partial charge in [0.15, 0.2) is 0 Å². The van der Waals surface area contributed by atoms with Crippen LogP contribution in [0.5, 0.6) is 0 Å². The summed E-state index contributed by atoms with van der Waals surface area (Å²) in [6.07, 6.45) is 1.79. The zero-order valence-electron chi connectivity index (χ0n) is 9.16. The molecule has 0 saturated carbocycles. The Bertz CT molecular complexity index is 302. The summed E-state index contributed by atoms with van der Waals surface area (Å²) in [4.78, 5) is 0. The SMILES string of the molecule is CC1CC(C)(C)C(c2ccccc2)O1. The summed E-state index contributed by atoms with van der Waals surface area (Å²) in [5.41, 5.74) is 1.57. The van der Waals surface area contributed by atoms with E-state index in [4.69, 9.17) is 4.74 Å². The van der Waals surface area contributed by atoms with Crippen LogP contribution in [0.15, 0.2) is 30.3 Å². The van der Waals surface area contributed by atoms with E-state index in [1.807, 2.05) is 0 Å². The minimum Gasteiger partial charge on any atom is -0.370 e. The highest BCUT2D eigenvalue weighted by Gasteiger charge is 2.40. The topological polar surface area (TPSA) is 9.23 Å². The Hall–Kier alpha value is -0.820. The molecule has 1 nitrogen and oxygen atoms in total. The molecular weight excluding hydrogens is 172 g/mol. The number of hydrogen-bond acceptors (Lipinski definition) is 1. The third kappa shape index (κ3) is 1.69. The fourth-order valence-corrected chi connectivity index (χ4v) is 2.47. The van der Waals surface area contributed by atoms with Gasteiger partial charge in [-0.25, -0.2) is 0 Å². The first kappa shape index (κ1) is 9.72. The highest BCUT2D eigenvalue weighted by atomic mass is 16.5. The average molecular weight is 190 g/mol. The first-order valence-corrected chi connectivity index (χ1v) is 5.30. The smallest absolute Gasteiger partial charge is 0.0880 e. The Balaban J connectivity index is 2.27. The summed E-state index contributed by atoms with van der Waals surface area (Å²) in [5.74, 6) is 0. The molecule has 1 heterocycles. The van der Waals surface area contributed by atoms with Crippen LogP contribution in [0.2, 0.25) is 0 Å². The van der Waals surface area contributed by atoms with Crippen molar-refractivity contribution in [1.82, 2.24) is 0 Å². The predicted octanol–water partition coefficient (Wildman–Crippen LogP) is 3.56. The Morgan fingerprint density at radius 2 is 1.86 bits per heavy atom. The molecular formula is C13H18O. The highest BCUT2D eigenvalue weighted by molar-refractivity contribution is 5.20. The van der Waals surface area contributed by atoms with Gasteiger partial charge >= 0.3 is 0 Å². The van der Waals surface area contributed by atoms with Crippen molar-refractivity contribution in [3.05, 3.63) is 35.9 Å². The Morgan fingerprint density at radius 3 is 2.36 bits per heavy atom. The monoisotopic (exact) mass is 190 g/mol. The maximum Gasteiger partial charge on any atom is 0.0880 e. The van der Waals surface area contributed by atoms with E-state index >= 15 is 0 Å². The summed E-state index contributed by atoms with van der Waals surface area (Å²) in [7, 11) is 0. The second-order valence-corrected chi connectivity index (χ2v) is 4.93. The third-order valence-corrected chi connectivity index (χ3v) is 2.99. The van der Waals surface area contributed by atoms with Gasteiger partial charge in [0.2, 0.25) is 0 Å². The van der Waals surface area contributed by atoms with Crippen LogP contribution in [0.3, 0.4) is 0 Å². The van der Waals surface area contributed by atoms with E-state index < -0.39 is 0 Å². The van der Waals surface area contributed by atoms with Crippen LogP contribution in [0.25, 0.3) is 0 Å². The van der Waals surface area contributed by atoms with Crippen LogP contribution in [0.4, 0.5) is 0 Å². The van der Waals surface area contributed by atoms with Gasteiger partial charge in [-0.1, -0.05) is 44.2 Å². The minimum absolute atomic E-state index is 0.263. The molecule has 1 heteroatoms. The van der Waals surface area contributed by atoms with E-state index in [0.29, 0.717) is 6.10 Å². The normalized spacial score (nSPS) is 30.5. The van der Waals surface area contributed by atoms with Crippen molar-refractivity contribution >= 4 is 0 Å². The number of rotatable bonds is 1. The van der Waals surface area contributed by atoms with Gasteiger partial charge in [0.1, 0.15) is 0 Å². The summed E-state index contributed by atoms with van der Waals surface area (Å²) in [6, 6.07) is 10.5. The molecule has 0 bridgehead atoms. The molecule has 1 aliphatic rings. The number of ether oxygens (including phenoxy) is 1. The molecule has 0 spiro atoms. The van der Waals surface area contributed by atoms with Crippen LogP contribution in [0.1, 0.15) is 38.9 Å². The molecule has 1 saturated heterocycles. The fourth-order valence-electron chi connectivity index (χ4n) is 2.47. The molecule has 1 aliphatic heterocycles. The standard InChI is InChI=1S/C13H18O/c1-10-9-13(2,3)12(14-10)11-7-5-4-6-8-11/h4-8,10,12H,9H2,1-3H3. The van der Waals surface area contributed by atoms with Crippen molar-refractivity contribution in [2.45, 2.75) is 39.4 Å². The van der Waals surface area contributed by atoms with E-state index in [-0.39, 0.29) is 11.5 Å². The lowest BCUT2D eigenvalue weighted by molar-refractivity contribution is 0.0263. The summed E-state index contributed by atoms with van der Waals surface area (Å²) in [5, 5.41) is 0. The zero-order valence-corrected chi connectivity index (χ0v) is 9.16. The van der Waals surface area contributed by atoms with Gasteiger partial charge in [0.25, 0.3) is 0 Å². The van der Waals surface area contributed by atoms with Crippen molar-refractivity contribution in [2.75, 3.05) is 0 Å². The van der Waals surface area contributed by atoms with Gasteiger partial charge in [-0.15, -0.1) is 0 Å². The van der Waals surface area contributed by atoms with E-state index in [2.05, 4.69) is 51.1 Å². The molecule has 1 fully saturated rings. The Labute approximate surface area is 86.1 Å². The first-order chi connectivity index (χ1) is 6.59. The van der Waals surface area contributed by atoms with E-state index in [1.165, 1.54) is 5.56 Å². The molecule has 0 aromatic heterocycles. The van der Waals surface area contributed by atoms with E-state index in [1.54, 1.807) is 0 Å². The van der Waals surface area contributed by atoms with Crippen LogP contribution in [-0.4, -0.2) is 6.10 Å². The average Bonchev–Trinajstić information content (AvgIpc) is 2.41. The second-order valence-electron chi connectivity index (χ2n) is 4.93. The van der Waals surface area contributed by atoms with Gasteiger partial charge in [-0.05, 0) is 24.3 Å². The maximum atomic E-state index is 5.96. The van der Waals surface area contributed by atoms with Crippen LogP contribution in [0, 0.1) is 5.41 Å². The van der Waals surface area contributed by atoms with Gasteiger partial charge in [0.05, 0.1) is 12.2 Å². The van der Waals surface area contributed by atoms with Crippen molar-refractivity contribution in [3.8, 4) is 0 Å². The van der Waals surface area contributed by atoms with Crippen molar-refractivity contribution in [1.29, 1.82) is 0 Å². The molecule has 2 atom stereocenters. The molecule has 0 radical (unpaired) electrons. The molecule has 1 aromatic carbocycles. The van der Waals surface area contributed by atoms with Gasteiger partial charge < -0.3 is 4.74 Å². The lowest BCUT2D eigenvalue weighted by Gasteiger charge is -2.25. The molecule has 1 aromatic rings. The second kappa shape index (κ2) is 3.39. The fraction of sp³-hybridized carbons (Fsp3) is 0.538. The number of hydrogen-bond donors (Lipinski definition) is 0. The first-order valence-electron chi connectivity index (χ1n) is 5.30. The zero-order chi connectivity index (χ0) is 10.2. The van der Waals surface area contributed by atoms with Crippen molar-refractivity contribution in [3.63, 3.8) is 0 Å². The highest BCUT2D eigenvalue weighted by Crippen LogP contribution is 2.47. The lowest BCUT2D eigenvalue weighted by atomic mass is 9.81. The summed E-state index contributed by atoms with van der Waals surface area (Å²) in [6.45, 7) is 6.73. The van der Waals surface area contributed by atoms with E-state index in [0.717, 1.165) is 6.42 Å². The van der Waals surface area contributed by atoms with Crippen LogP contribution >= 0.6 is 0 Å². The van der Waals surface area contributed by atoms with E-state index in [9.17, 15) is 0 Å². The molecule has 0 aliphatic carbocycles. The molecule has 2 rings (SSSR count). The quantitative estimate of drug-likeness (QED) is 0.658. The Kier molecular flexibility index (Phi) is 2.36. The summed E-state index contributed by atoms with van der Waals surface area (Å²) < 4.78 is 5.96. The van der Waals surface area contributed by atoms with Gasteiger partial charge in [-0.2, -0.15) is 0 Å². The maximum absolute atomic E-state index is 5.96. The van der Waals surface area contributed by atoms with Crippen molar-refractivity contribution in [2.24, 2.45) is 5.41 Å². The Morgan fingerprint density at radius 1 is 1.21 bits per heavy atom. The molecule has 14 heavy (non-hydrogen) atoms.